The van der Waals surface area contributed by atoms with Crippen LogP contribution in [0.4, 0.5) is 17.6 Å². The Morgan fingerprint density at radius 3 is 1.47 bits per heavy atom. The predicted octanol–water partition coefficient (Wildman–Crippen LogP) is 15.3. The highest BCUT2D eigenvalue weighted by atomic mass is 32.1. The van der Waals surface area contributed by atoms with Gasteiger partial charge in [0.2, 0.25) is 0 Å². The second-order valence-electron chi connectivity index (χ2n) is 19.7. The van der Waals surface area contributed by atoms with Crippen molar-refractivity contribution in [3.8, 4) is 0 Å². The Morgan fingerprint density at radius 1 is 0.706 bits per heavy atom. The normalized spacial score (nSPS) is 13.5. The number of hydrogen-bond acceptors (Lipinski definition) is 2. The van der Waals surface area contributed by atoms with Gasteiger partial charge in [-0.1, -0.05) is 142 Å². The summed E-state index contributed by atoms with van der Waals surface area (Å²) in [5, 5.41) is 2.13. The van der Waals surface area contributed by atoms with Gasteiger partial charge in [-0.2, -0.15) is 13.2 Å². The Labute approximate surface area is 316 Å². The molecule has 7 heteroatoms. The third-order valence-electron chi connectivity index (χ3n) is 7.13. The molecule has 296 valence electrons. The molecule has 0 radical (unpaired) electrons. The molecule has 1 saturated carbocycles. The number of imidazole rings is 1. The van der Waals surface area contributed by atoms with Crippen LogP contribution >= 0.6 is 11.3 Å². The number of aromatic nitrogens is 2. The van der Waals surface area contributed by atoms with Crippen molar-refractivity contribution in [2.45, 2.75) is 168 Å². The largest absolute Gasteiger partial charge is 0.389 e. The Hall–Kier alpha value is -2.15. The maximum absolute atomic E-state index is 12.5. The fourth-order valence-electron chi connectivity index (χ4n) is 4.73. The molecule has 0 atom stereocenters. The first kappa shape index (κ1) is 51.0. The second kappa shape index (κ2) is 21.5. The van der Waals surface area contributed by atoms with Gasteiger partial charge in [0.15, 0.2) is 0 Å². The maximum Gasteiger partial charge on any atom is 0.389 e. The Balaban J connectivity index is 0. The minimum atomic E-state index is -3.99. The molecule has 0 aliphatic heterocycles. The monoisotopic (exact) mass is 741 g/mol. The van der Waals surface area contributed by atoms with Crippen LogP contribution in [0.15, 0.2) is 54.3 Å². The summed E-state index contributed by atoms with van der Waals surface area (Å²) in [6.07, 6.45) is 5.94. The smallest absolute Gasteiger partial charge is 0.340 e. The van der Waals surface area contributed by atoms with Crippen molar-refractivity contribution in [1.29, 1.82) is 0 Å². The minimum absolute atomic E-state index is 0. The van der Waals surface area contributed by atoms with Gasteiger partial charge < -0.3 is 4.57 Å². The van der Waals surface area contributed by atoms with E-state index in [0.717, 1.165) is 18.8 Å². The number of aryl methyl sites for hydroxylation is 1. The van der Waals surface area contributed by atoms with E-state index in [0.29, 0.717) is 16.2 Å². The number of alkyl halides is 3. The quantitative estimate of drug-likeness (QED) is 0.244. The van der Waals surface area contributed by atoms with Gasteiger partial charge in [0.05, 0.1) is 12.0 Å². The van der Waals surface area contributed by atoms with Gasteiger partial charge in [0.1, 0.15) is 5.82 Å². The fourth-order valence-corrected chi connectivity index (χ4v) is 5.54. The van der Waals surface area contributed by atoms with E-state index in [1.54, 1.807) is 20.8 Å². The van der Waals surface area contributed by atoms with Crippen molar-refractivity contribution in [3.05, 3.63) is 76.3 Å². The summed E-state index contributed by atoms with van der Waals surface area (Å²) in [5.74, 6) is 0.933. The molecule has 1 fully saturated rings. The molecule has 51 heavy (non-hydrogen) atoms. The van der Waals surface area contributed by atoms with E-state index in [9.17, 15) is 17.6 Å². The van der Waals surface area contributed by atoms with E-state index in [2.05, 4.69) is 112 Å². The van der Waals surface area contributed by atoms with Gasteiger partial charge in [-0.05, 0) is 87.8 Å². The van der Waals surface area contributed by atoms with Crippen molar-refractivity contribution < 1.29 is 17.6 Å². The SMILES string of the molecule is C.CC(C)(C)CC1CC1.CC(C)(C)CCC(F)(F)F.CC(C)(C)Cc1ccc(F)cc1.CC(C)(C)c1cccs1.Cn1cnc(CC(C)(C)C)c1. The average Bonchev–Trinajstić information content (AvgIpc) is 3.33. The predicted molar refractivity (Wildman–Crippen MR) is 217 cm³/mol. The van der Waals surface area contributed by atoms with Gasteiger partial charge in [-0.3, -0.25) is 0 Å². The molecule has 0 N–H and O–H groups in total. The summed E-state index contributed by atoms with van der Waals surface area (Å²) < 4.78 is 49.3. The lowest BCUT2D eigenvalue weighted by molar-refractivity contribution is -0.139. The van der Waals surface area contributed by atoms with Crippen LogP contribution in [0.3, 0.4) is 0 Å². The van der Waals surface area contributed by atoms with Crippen LogP contribution in [0.25, 0.3) is 0 Å². The first-order valence-electron chi connectivity index (χ1n) is 18.2. The molecule has 0 spiro atoms. The highest BCUT2D eigenvalue weighted by Crippen LogP contribution is 2.39. The standard InChI is InChI=1S/C11H15F.C9H16N2.C8H12S.C8H16.C7H13F3.CH4/c1-11(2,3)8-9-4-6-10(12)7-5-9;1-9(2,3)5-8-6-11(4)7-10-8;1-8(2,3)7-5-4-6-9-7;1-8(2,3)6-7-4-5-7;1-6(2,3)4-5-7(8,9)10;/h4-7H,8H2,1-3H3;6-7H,5H2,1-4H3;4-6H,1-3H3;7H,4-6H2,1-3H3;4-5H2,1-3H3;1H4. The van der Waals surface area contributed by atoms with Crippen LogP contribution in [-0.2, 0) is 25.3 Å². The van der Waals surface area contributed by atoms with Crippen LogP contribution in [0, 0.1) is 33.4 Å². The number of thiophene rings is 1. The van der Waals surface area contributed by atoms with Crippen molar-refractivity contribution in [2.24, 2.45) is 34.6 Å². The van der Waals surface area contributed by atoms with Gasteiger partial charge in [0.25, 0.3) is 0 Å². The molecule has 3 aromatic rings. The van der Waals surface area contributed by atoms with Gasteiger partial charge in [-0.15, -0.1) is 11.3 Å². The summed E-state index contributed by atoms with van der Waals surface area (Å²) in [5.41, 5.74) is 3.71. The number of halogens is 4. The van der Waals surface area contributed by atoms with E-state index in [1.165, 1.54) is 47.5 Å². The molecule has 0 saturated heterocycles. The van der Waals surface area contributed by atoms with Crippen molar-refractivity contribution in [3.63, 3.8) is 0 Å². The van der Waals surface area contributed by atoms with Crippen LogP contribution in [0.2, 0.25) is 0 Å². The lowest BCUT2D eigenvalue weighted by atomic mass is 9.88. The zero-order valence-electron chi connectivity index (χ0n) is 34.5. The van der Waals surface area contributed by atoms with E-state index >= 15 is 0 Å². The number of benzene rings is 1. The molecule has 2 aromatic heterocycles. The highest BCUT2D eigenvalue weighted by molar-refractivity contribution is 7.10. The highest BCUT2D eigenvalue weighted by Gasteiger charge is 2.29. The van der Waals surface area contributed by atoms with E-state index in [4.69, 9.17) is 0 Å². The lowest BCUT2D eigenvalue weighted by Gasteiger charge is -2.18. The first-order valence-corrected chi connectivity index (χ1v) is 19.0. The third kappa shape index (κ3) is 33.4. The summed E-state index contributed by atoms with van der Waals surface area (Å²) in [6, 6.07) is 11.0. The topological polar surface area (TPSA) is 17.8 Å². The molecule has 1 aliphatic carbocycles. The van der Waals surface area contributed by atoms with Crippen LogP contribution in [0.1, 0.15) is 160 Å². The van der Waals surface area contributed by atoms with Crippen LogP contribution < -0.4 is 0 Å². The van der Waals surface area contributed by atoms with Gasteiger partial charge >= 0.3 is 6.18 Å². The maximum atomic E-state index is 12.5. The molecule has 2 nitrogen and oxygen atoms in total. The summed E-state index contributed by atoms with van der Waals surface area (Å²) in [6.45, 7) is 32.3. The van der Waals surface area contributed by atoms with E-state index in [1.807, 2.05) is 41.4 Å². The zero-order chi connectivity index (χ0) is 39.2. The van der Waals surface area contributed by atoms with Gasteiger partial charge in [-0.25, -0.2) is 9.37 Å². The first-order chi connectivity index (χ1) is 22.3. The number of nitrogens with zero attached hydrogens (tertiary/aromatic N) is 2. The van der Waals surface area contributed by atoms with Crippen molar-refractivity contribution >= 4 is 11.3 Å². The molecular weight excluding hydrogens is 665 g/mol. The summed E-state index contributed by atoms with van der Waals surface area (Å²) in [7, 11) is 2.00. The lowest BCUT2D eigenvalue weighted by Crippen LogP contribution is -2.13. The third-order valence-corrected chi connectivity index (χ3v) is 8.43. The van der Waals surface area contributed by atoms with E-state index in [-0.39, 0.29) is 30.5 Å². The molecule has 2 heterocycles. The molecular formula is C44H76F4N2S. The Kier molecular flexibility index (Phi) is 21.5. The molecule has 1 aromatic carbocycles. The van der Waals surface area contributed by atoms with Crippen molar-refractivity contribution in [2.75, 3.05) is 0 Å². The Bertz CT molecular complexity index is 1270. The molecule has 4 rings (SSSR count). The Morgan fingerprint density at radius 2 is 1.22 bits per heavy atom. The minimum Gasteiger partial charge on any atom is -0.340 e. The average molecular weight is 741 g/mol. The molecule has 0 amide bonds. The summed E-state index contributed by atoms with van der Waals surface area (Å²) >= 11 is 1.83. The second-order valence-corrected chi connectivity index (χ2v) is 20.7. The van der Waals surface area contributed by atoms with Crippen LogP contribution in [-0.4, -0.2) is 15.7 Å². The molecule has 1 aliphatic rings. The summed E-state index contributed by atoms with van der Waals surface area (Å²) in [4.78, 5) is 5.72. The molecule has 0 unspecified atom stereocenters. The van der Waals surface area contributed by atoms with Crippen LogP contribution in [0.5, 0.6) is 0 Å². The molecule has 0 bridgehead atoms. The fraction of sp³-hybridized carbons (Fsp3) is 0.705. The van der Waals surface area contributed by atoms with E-state index < -0.39 is 12.6 Å². The van der Waals surface area contributed by atoms with Crippen molar-refractivity contribution in [1.82, 2.24) is 9.55 Å². The van der Waals surface area contributed by atoms with Gasteiger partial charge in [0, 0.05) is 24.5 Å². The zero-order valence-corrected chi connectivity index (χ0v) is 35.4. The number of hydrogen-bond donors (Lipinski definition) is 0. The number of rotatable bonds is 4.